The van der Waals surface area contributed by atoms with E-state index in [9.17, 15) is 9.59 Å². The minimum absolute atomic E-state index is 0.0318. The number of ether oxygens (including phenoxy) is 2. The van der Waals surface area contributed by atoms with Crippen molar-refractivity contribution in [1.82, 2.24) is 10.2 Å². The molecular formula is C23H26N2O4. The molecule has 2 heterocycles. The van der Waals surface area contributed by atoms with E-state index in [1.807, 2.05) is 54.3 Å². The molecule has 0 atom stereocenters. The Kier molecular flexibility index (Phi) is 5.69. The molecule has 0 spiro atoms. The summed E-state index contributed by atoms with van der Waals surface area (Å²) in [6.45, 7) is 3.56. The van der Waals surface area contributed by atoms with Crippen LogP contribution in [0, 0.1) is 6.92 Å². The number of hydrogen-bond donors (Lipinski definition) is 1. The number of aryl methyl sites for hydroxylation is 2. The summed E-state index contributed by atoms with van der Waals surface area (Å²) in [5.41, 5.74) is 2.76. The lowest BCUT2D eigenvalue weighted by Crippen LogP contribution is -2.46. The minimum Gasteiger partial charge on any atom is -0.454 e. The third kappa shape index (κ3) is 4.53. The molecule has 2 aliphatic rings. The summed E-state index contributed by atoms with van der Waals surface area (Å²) in [5, 5.41) is 3.11. The van der Waals surface area contributed by atoms with Crippen molar-refractivity contribution in [2.75, 3.05) is 19.9 Å². The minimum atomic E-state index is -0.0318. The van der Waals surface area contributed by atoms with Gasteiger partial charge in [-0.05, 0) is 55.5 Å². The lowest BCUT2D eigenvalue weighted by molar-refractivity contribution is -0.132. The fourth-order valence-corrected chi connectivity index (χ4v) is 3.87. The monoisotopic (exact) mass is 394 g/mol. The smallest absolute Gasteiger partial charge is 0.251 e. The van der Waals surface area contributed by atoms with Crippen LogP contribution in [0.3, 0.4) is 0 Å². The summed E-state index contributed by atoms with van der Waals surface area (Å²) in [5.74, 6) is 1.64. The van der Waals surface area contributed by atoms with Gasteiger partial charge in [-0.2, -0.15) is 0 Å². The molecule has 6 nitrogen and oxygen atoms in total. The third-order valence-corrected chi connectivity index (χ3v) is 5.64. The van der Waals surface area contributed by atoms with Crippen molar-refractivity contribution >= 4 is 11.8 Å². The van der Waals surface area contributed by atoms with E-state index in [1.165, 1.54) is 0 Å². The van der Waals surface area contributed by atoms with E-state index in [-0.39, 0.29) is 24.6 Å². The van der Waals surface area contributed by atoms with Crippen molar-refractivity contribution in [1.29, 1.82) is 0 Å². The molecule has 1 fully saturated rings. The molecule has 2 aliphatic heterocycles. The normalized spacial score (nSPS) is 16.0. The lowest BCUT2D eigenvalue weighted by atomic mass is 10.0. The highest BCUT2D eigenvalue weighted by Gasteiger charge is 2.24. The Hall–Kier alpha value is -3.02. The number of fused-ring (bicyclic) bond motifs is 1. The first-order chi connectivity index (χ1) is 14.1. The largest absolute Gasteiger partial charge is 0.454 e. The van der Waals surface area contributed by atoms with Gasteiger partial charge in [0.15, 0.2) is 11.5 Å². The van der Waals surface area contributed by atoms with Gasteiger partial charge in [0.2, 0.25) is 12.7 Å². The third-order valence-electron chi connectivity index (χ3n) is 5.64. The highest BCUT2D eigenvalue weighted by molar-refractivity contribution is 5.95. The highest BCUT2D eigenvalue weighted by atomic mass is 16.7. The van der Waals surface area contributed by atoms with Crippen LogP contribution in [-0.4, -0.2) is 42.6 Å². The molecule has 4 rings (SSSR count). The second kappa shape index (κ2) is 8.55. The van der Waals surface area contributed by atoms with Gasteiger partial charge in [0.05, 0.1) is 0 Å². The number of hydrogen-bond acceptors (Lipinski definition) is 4. The van der Waals surface area contributed by atoms with Crippen molar-refractivity contribution in [3.63, 3.8) is 0 Å². The van der Waals surface area contributed by atoms with Crippen LogP contribution in [0.15, 0.2) is 42.5 Å². The average Bonchev–Trinajstić information content (AvgIpc) is 3.20. The van der Waals surface area contributed by atoms with Crippen molar-refractivity contribution in [2.45, 2.75) is 38.6 Å². The first kappa shape index (κ1) is 19.3. The fourth-order valence-electron chi connectivity index (χ4n) is 3.87. The number of carbonyl (C=O) groups excluding carboxylic acids is 2. The van der Waals surface area contributed by atoms with E-state index in [2.05, 4.69) is 5.32 Å². The first-order valence-electron chi connectivity index (χ1n) is 10.1. The standard InChI is InChI=1S/C23H26N2O4/c1-16-4-2-3-5-19(16)23(27)24-18-10-12-25(13-11-18)22(26)9-7-17-6-8-20-21(14-17)29-15-28-20/h2-6,8,14,18H,7,9-13,15H2,1H3,(H,24,27). The van der Waals surface area contributed by atoms with Crippen molar-refractivity contribution < 1.29 is 19.1 Å². The van der Waals surface area contributed by atoms with Crippen molar-refractivity contribution in [3.8, 4) is 11.5 Å². The fraction of sp³-hybridized carbons (Fsp3) is 0.391. The molecule has 152 valence electrons. The van der Waals surface area contributed by atoms with Gasteiger partial charge in [-0.1, -0.05) is 24.3 Å². The molecule has 2 amide bonds. The Balaban J connectivity index is 1.23. The first-order valence-corrected chi connectivity index (χ1v) is 10.1. The lowest BCUT2D eigenvalue weighted by Gasteiger charge is -2.32. The SMILES string of the molecule is Cc1ccccc1C(=O)NC1CCN(C(=O)CCc2ccc3c(c2)OCO3)CC1. The van der Waals surface area contributed by atoms with Gasteiger partial charge >= 0.3 is 0 Å². The topological polar surface area (TPSA) is 67.9 Å². The van der Waals surface area contributed by atoms with Gasteiger partial charge in [-0.3, -0.25) is 9.59 Å². The second-order valence-electron chi connectivity index (χ2n) is 7.63. The van der Waals surface area contributed by atoms with E-state index < -0.39 is 0 Å². The number of rotatable bonds is 5. The second-order valence-corrected chi connectivity index (χ2v) is 7.63. The number of carbonyl (C=O) groups is 2. The van der Waals surface area contributed by atoms with Gasteiger partial charge in [0.25, 0.3) is 5.91 Å². The predicted molar refractivity (Wildman–Crippen MR) is 109 cm³/mol. The number of amides is 2. The quantitative estimate of drug-likeness (QED) is 0.846. The number of nitrogens with one attached hydrogen (secondary N) is 1. The number of likely N-dealkylation sites (tertiary alicyclic amines) is 1. The number of nitrogens with zero attached hydrogens (tertiary/aromatic N) is 1. The van der Waals surface area contributed by atoms with Gasteiger partial charge in [0, 0.05) is 31.1 Å². The van der Waals surface area contributed by atoms with Crippen LogP contribution in [0.25, 0.3) is 0 Å². The molecule has 1 N–H and O–H groups in total. The van der Waals surface area contributed by atoms with E-state index in [0.29, 0.717) is 25.9 Å². The van der Waals surface area contributed by atoms with Crippen molar-refractivity contribution in [2.24, 2.45) is 0 Å². The summed E-state index contributed by atoms with van der Waals surface area (Å²) in [6.07, 6.45) is 2.72. The van der Waals surface area contributed by atoms with E-state index in [1.54, 1.807) is 0 Å². The molecule has 0 aromatic heterocycles. The van der Waals surface area contributed by atoms with Gasteiger partial charge in [-0.25, -0.2) is 0 Å². The number of benzene rings is 2. The van der Waals surface area contributed by atoms with Crippen LogP contribution in [0.1, 0.15) is 40.7 Å². The molecule has 2 aromatic carbocycles. The van der Waals surface area contributed by atoms with E-state index >= 15 is 0 Å². The molecule has 6 heteroatoms. The Morgan fingerprint density at radius 3 is 2.62 bits per heavy atom. The molecular weight excluding hydrogens is 368 g/mol. The summed E-state index contributed by atoms with van der Waals surface area (Å²) in [7, 11) is 0. The zero-order valence-electron chi connectivity index (χ0n) is 16.6. The highest BCUT2D eigenvalue weighted by Crippen LogP contribution is 2.32. The van der Waals surface area contributed by atoms with Crippen LogP contribution >= 0.6 is 0 Å². The van der Waals surface area contributed by atoms with Crippen LogP contribution in [0.4, 0.5) is 0 Å². The van der Waals surface area contributed by atoms with Gasteiger partial charge in [0.1, 0.15) is 0 Å². The average molecular weight is 394 g/mol. The maximum atomic E-state index is 12.6. The Morgan fingerprint density at radius 1 is 1.07 bits per heavy atom. The van der Waals surface area contributed by atoms with E-state index in [0.717, 1.165) is 41.0 Å². The van der Waals surface area contributed by atoms with Gasteiger partial charge < -0.3 is 19.7 Å². The van der Waals surface area contributed by atoms with Crippen LogP contribution < -0.4 is 14.8 Å². The molecule has 0 radical (unpaired) electrons. The van der Waals surface area contributed by atoms with E-state index in [4.69, 9.17) is 9.47 Å². The maximum Gasteiger partial charge on any atom is 0.251 e. The Morgan fingerprint density at radius 2 is 1.83 bits per heavy atom. The Labute approximate surface area is 170 Å². The summed E-state index contributed by atoms with van der Waals surface area (Å²) in [4.78, 5) is 27.0. The zero-order valence-corrected chi connectivity index (χ0v) is 16.6. The molecule has 1 saturated heterocycles. The molecule has 2 aromatic rings. The summed E-state index contributed by atoms with van der Waals surface area (Å²) >= 11 is 0. The molecule has 0 saturated carbocycles. The molecule has 29 heavy (non-hydrogen) atoms. The molecule has 0 bridgehead atoms. The maximum absolute atomic E-state index is 12.6. The van der Waals surface area contributed by atoms with Crippen LogP contribution in [-0.2, 0) is 11.2 Å². The number of piperidine rings is 1. The van der Waals surface area contributed by atoms with Gasteiger partial charge in [-0.15, -0.1) is 0 Å². The summed E-state index contributed by atoms with van der Waals surface area (Å²) < 4.78 is 10.7. The molecule has 0 aliphatic carbocycles. The van der Waals surface area contributed by atoms with Crippen LogP contribution in [0.5, 0.6) is 11.5 Å². The summed E-state index contributed by atoms with van der Waals surface area (Å²) in [6, 6.07) is 13.5. The Bertz CT molecular complexity index is 904. The van der Waals surface area contributed by atoms with Crippen molar-refractivity contribution in [3.05, 3.63) is 59.2 Å². The van der Waals surface area contributed by atoms with Crippen LogP contribution in [0.2, 0.25) is 0 Å². The predicted octanol–water partition coefficient (Wildman–Crippen LogP) is 3.08. The zero-order chi connectivity index (χ0) is 20.2. The molecule has 0 unspecified atom stereocenters.